The quantitative estimate of drug-likeness (QED) is 0.905. The molecule has 1 aliphatic heterocycles. The molecule has 4 nitrogen and oxygen atoms in total. The lowest BCUT2D eigenvalue weighted by atomic mass is 9.80. The summed E-state index contributed by atoms with van der Waals surface area (Å²) in [5.41, 5.74) is 6.44. The van der Waals surface area contributed by atoms with Crippen LogP contribution in [0, 0.1) is 11.2 Å². The number of carbonyl (C=O) groups excluding carboxylic acids is 1. The minimum atomic E-state index is -0.881. The standard InChI is InChI=1S/C16H16FNO3S/c1-16(2)8-20-13-6-10(9-3-4-22-7-9)12(17)5-11(13)14(16)21-15(18)19/h3-7,14H,8H2,1-2H3,(H2,18,19). The van der Waals surface area contributed by atoms with Gasteiger partial charge in [-0.3, -0.25) is 0 Å². The lowest BCUT2D eigenvalue weighted by Crippen LogP contribution is -2.37. The van der Waals surface area contributed by atoms with Gasteiger partial charge in [0.1, 0.15) is 17.7 Å². The fraction of sp³-hybridized carbons (Fsp3) is 0.312. The topological polar surface area (TPSA) is 61.6 Å². The summed E-state index contributed by atoms with van der Waals surface area (Å²) in [6, 6.07) is 4.87. The summed E-state index contributed by atoms with van der Waals surface area (Å²) in [4.78, 5) is 11.2. The molecule has 22 heavy (non-hydrogen) atoms. The van der Waals surface area contributed by atoms with Gasteiger partial charge in [-0.25, -0.2) is 9.18 Å². The molecule has 116 valence electrons. The molecule has 1 aromatic carbocycles. The van der Waals surface area contributed by atoms with Gasteiger partial charge in [-0.05, 0) is 34.5 Å². The van der Waals surface area contributed by atoms with Gasteiger partial charge in [0.15, 0.2) is 0 Å². The molecule has 2 N–H and O–H groups in total. The van der Waals surface area contributed by atoms with Gasteiger partial charge in [0.25, 0.3) is 0 Å². The number of carbonyl (C=O) groups is 1. The molecule has 6 heteroatoms. The Kier molecular flexibility index (Phi) is 3.56. The van der Waals surface area contributed by atoms with Crippen molar-refractivity contribution in [2.45, 2.75) is 20.0 Å². The summed E-state index contributed by atoms with van der Waals surface area (Å²) in [5, 5.41) is 3.76. The maximum Gasteiger partial charge on any atom is 0.405 e. The van der Waals surface area contributed by atoms with Crippen molar-refractivity contribution in [2.24, 2.45) is 11.1 Å². The molecule has 3 rings (SSSR count). The third-order valence-electron chi connectivity index (χ3n) is 3.76. The largest absolute Gasteiger partial charge is 0.492 e. The number of rotatable bonds is 2. The predicted octanol–water partition coefficient (Wildman–Crippen LogP) is 4.11. The highest BCUT2D eigenvalue weighted by Crippen LogP contribution is 2.47. The SMILES string of the molecule is CC1(C)COc2cc(-c3ccsc3)c(F)cc2C1OC(N)=O. The van der Waals surface area contributed by atoms with Crippen LogP contribution in [0.2, 0.25) is 0 Å². The zero-order chi connectivity index (χ0) is 15.9. The Morgan fingerprint density at radius 3 is 2.91 bits per heavy atom. The van der Waals surface area contributed by atoms with Crippen LogP contribution in [-0.2, 0) is 4.74 Å². The molecular formula is C16H16FNO3S. The number of primary amides is 1. The number of ether oxygens (including phenoxy) is 2. The van der Waals surface area contributed by atoms with E-state index in [0.29, 0.717) is 23.5 Å². The maximum absolute atomic E-state index is 14.5. The molecule has 0 bridgehead atoms. The van der Waals surface area contributed by atoms with E-state index in [4.69, 9.17) is 15.2 Å². The Morgan fingerprint density at radius 2 is 2.27 bits per heavy atom. The van der Waals surface area contributed by atoms with Gasteiger partial charge in [0.2, 0.25) is 0 Å². The van der Waals surface area contributed by atoms with Crippen LogP contribution in [0.5, 0.6) is 5.75 Å². The Morgan fingerprint density at radius 1 is 1.50 bits per heavy atom. The van der Waals surface area contributed by atoms with E-state index in [1.165, 1.54) is 17.4 Å². The van der Waals surface area contributed by atoms with Crippen LogP contribution in [0.4, 0.5) is 9.18 Å². The summed E-state index contributed by atoms with van der Waals surface area (Å²) >= 11 is 1.50. The fourth-order valence-electron chi connectivity index (χ4n) is 2.64. The van der Waals surface area contributed by atoms with Gasteiger partial charge in [-0.2, -0.15) is 11.3 Å². The molecule has 0 saturated heterocycles. The molecule has 1 amide bonds. The van der Waals surface area contributed by atoms with E-state index in [0.717, 1.165) is 5.56 Å². The Labute approximate surface area is 131 Å². The van der Waals surface area contributed by atoms with E-state index < -0.39 is 17.6 Å². The molecule has 0 saturated carbocycles. The van der Waals surface area contributed by atoms with Crippen molar-refractivity contribution >= 4 is 17.4 Å². The number of hydrogen-bond donors (Lipinski definition) is 1. The van der Waals surface area contributed by atoms with E-state index in [1.807, 2.05) is 30.7 Å². The molecule has 1 aromatic heterocycles. The Hall–Kier alpha value is -2.08. The highest BCUT2D eigenvalue weighted by molar-refractivity contribution is 7.08. The predicted molar refractivity (Wildman–Crippen MR) is 82.4 cm³/mol. The van der Waals surface area contributed by atoms with Crippen molar-refractivity contribution in [3.8, 4) is 16.9 Å². The summed E-state index contributed by atoms with van der Waals surface area (Å²) in [5.74, 6) is 0.143. The molecule has 2 heterocycles. The zero-order valence-corrected chi connectivity index (χ0v) is 13.1. The minimum absolute atomic E-state index is 0.354. The fourth-order valence-corrected chi connectivity index (χ4v) is 3.29. The second-order valence-corrected chi connectivity index (χ2v) is 6.76. The van der Waals surface area contributed by atoms with Crippen LogP contribution in [0.3, 0.4) is 0 Å². The first kappa shape index (κ1) is 14.8. The Balaban J connectivity index is 2.09. The van der Waals surface area contributed by atoms with Gasteiger partial charge < -0.3 is 15.2 Å². The molecule has 1 unspecified atom stereocenters. The molecule has 2 aromatic rings. The molecule has 1 aliphatic rings. The summed E-state index contributed by atoms with van der Waals surface area (Å²) in [6.45, 7) is 4.12. The van der Waals surface area contributed by atoms with E-state index in [-0.39, 0.29) is 5.82 Å². The number of hydrogen-bond acceptors (Lipinski definition) is 4. The normalized spacial score (nSPS) is 19.1. The average Bonchev–Trinajstić information content (AvgIpc) is 2.95. The number of benzene rings is 1. The van der Waals surface area contributed by atoms with E-state index in [2.05, 4.69) is 0 Å². The molecule has 0 fully saturated rings. The second kappa shape index (κ2) is 5.28. The van der Waals surface area contributed by atoms with Crippen molar-refractivity contribution in [3.63, 3.8) is 0 Å². The second-order valence-electron chi connectivity index (χ2n) is 5.98. The summed E-state index contributed by atoms with van der Waals surface area (Å²) in [6.07, 6.45) is -1.52. The van der Waals surface area contributed by atoms with E-state index in [9.17, 15) is 9.18 Å². The van der Waals surface area contributed by atoms with Crippen molar-refractivity contribution in [1.82, 2.24) is 0 Å². The van der Waals surface area contributed by atoms with Crippen LogP contribution in [0.25, 0.3) is 11.1 Å². The van der Waals surface area contributed by atoms with Crippen LogP contribution in [0.1, 0.15) is 25.5 Å². The minimum Gasteiger partial charge on any atom is -0.492 e. The average molecular weight is 321 g/mol. The first-order valence-corrected chi connectivity index (χ1v) is 7.77. The summed E-state index contributed by atoms with van der Waals surface area (Å²) < 4.78 is 25.4. The van der Waals surface area contributed by atoms with Crippen LogP contribution >= 0.6 is 11.3 Å². The van der Waals surface area contributed by atoms with Crippen molar-refractivity contribution in [3.05, 3.63) is 40.3 Å². The highest BCUT2D eigenvalue weighted by Gasteiger charge is 2.41. The number of amides is 1. The molecule has 0 spiro atoms. The van der Waals surface area contributed by atoms with Gasteiger partial charge in [0.05, 0.1) is 6.61 Å². The van der Waals surface area contributed by atoms with E-state index >= 15 is 0 Å². The number of halogens is 1. The lowest BCUT2D eigenvalue weighted by molar-refractivity contribution is -0.0178. The molecule has 0 radical (unpaired) electrons. The first-order valence-electron chi connectivity index (χ1n) is 6.83. The van der Waals surface area contributed by atoms with Gasteiger partial charge in [-0.15, -0.1) is 0 Å². The maximum atomic E-state index is 14.5. The Bertz CT molecular complexity index is 712. The third-order valence-corrected chi connectivity index (χ3v) is 4.44. The van der Waals surface area contributed by atoms with Crippen LogP contribution in [-0.4, -0.2) is 12.7 Å². The highest BCUT2D eigenvalue weighted by atomic mass is 32.1. The smallest absolute Gasteiger partial charge is 0.405 e. The molecule has 1 atom stereocenters. The lowest BCUT2D eigenvalue weighted by Gasteiger charge is -2.38. The number of fused-ring (bicyclic) bond motifs is 1. The third kappa shape index (κ3) is 2.54. The molecule has 0 aliphatic carbocycles. The van der Waals surface area contributed by atoms with Gasteiger partial charge in [-0.1, -0.05) is 13.8 Å². The van der Waals surface area contributed by atoms with Crippen molar-refractivity contribution in [1.29, 1.82) is 0 Å². The van der Waals surface area contributed by atoms with Crippen LogP contribution in [0.15, 0.2) is 29.0 Å². The van der Waals surface area contributed by atoms with Gasteiger partial charge in [0, 0.05) is 16.5 Å². The zero-order valence-electron chi connectivity index (χ0n) is 12.3. The first-order chi connectivity index (χ1) is 10.4. The van der Waals surface area contributed by atoms with Crippen LogP contribution < -0.4 is 10.5 Å². The van der Waals surface area contributed by atoms with Crippen molar-refractivity contribution in [2.75, 3.05) is 6.61 Å². The summed E-state index contributed by atoms with van der Waals surface area (Å²) in [7, 11) is 0. The monoisotopic (exact) mass is 321 g/mol. The van der Waals surface area contributed by atoms with Crippen molar-refractivity contribution < 1.29 is 18.7 Å². The molecular weight excluding hydrogens is 305 g/mol. The van der Waals surface area contributed by atoms with Gasteiger partial charge >= 0.3 is 6.09 Å². The van der Waals surface area contributed by atoms with E-state index in [1.54, 1.807) is 6.07 Å². The number of thiophene rings is 1. The number of nitrogens with two attached hydrogens (primary N) is 1.